The molecule has 2 atom stereocenters. The standard InChI is InChI=1S/C12H15Cl2NO/c13-9-5-4-8(7-10(9)14)12(16)11-3-1-2-6-15-11/h4-5,7,11-12,15-16H,1-3,6H2/t11-,12+/m1/s1. The van der Waals surface area contributed by atoms with E-state index >= 15 is 0 Å². The van der Waals surface area contributed by atoms with Crippen LogP contribution in [0.4, 0.5) is 0 Å². The van der Waals surface area contributed by atoms with Crippen molar-refractivity contribution in [2.75, 3.05) is 6.54 Å². The first-order valence-electron chi connectivity index (χ1n) is 5.55. The monoisotopic (exact) mass is 259 g/mol. The predicted octanol–water partition coefficient (Wildman–Crippen LogP) is 3.17. The highest BCUT2D eigenvalue weighted by atomic mass is 35.5. The first kappa shape index (κ1) is 12.2. The van der Waals surface area contributed by atoms with Gasteiger partial charge in [0.15, 0.2) is 0 Å². The van der Waals surface area contributed by atoms with Gasteiger partial charge in [-0.25, -0.2) is 0 Å². The molecule has 1 heterocycles. The molecule has 0 radical (unpaired) electrons. The number of aliphatic hydroxyl groups is 1. The number of piperidine rings is 1. The summed E-state index contributed by atoms with van der Waals surface area (Å²) < 4.78 is 0. The third-order valence-electron chi connectivity index (χ3n) is 3.01. The highest BCUT2D eigenvalue weighted by Gasteiger charge is 2.22. The fraction of sp³-hybridized carbons (Fsp3) is 0.500. The lowest BCUT2D eigenvalue weighted by Crippen LogP contribution is -2.38. The minimum Gasteiger partial charge on any atom is -0.387 e. The van der Waals surface area contributed by atoms with Gasteiger partial charge in [-0.05, 0) is 37.1 Å². The van der Waals surface area contributed by atoms with Crippen LogP contribution in [0.15, 0.2) is 18.2 Å². The maximum Gasteiger partial charge on any atom is 0.0943 e. The highest BCUT2D eigenvalue weighted by Crippen LogP contribution is 2.28. The van der Waals surface area contributed by atoms with Crippen LogP contribution in [0.1, 0.15) is 30.9 Å². The number of hydrogen-bond acceptors (Lipinski definition) is 2. The van der Waals surface area contributed by atoms with E-state index < -0.39 is 6.10 Å². The lowest BCUT2D eigenvalue weighted by Gasteiger charge is -2.28. The van der Waals surface area contributed by atoms with E-state index in [4.69, 9.17) is 23.2 Å². The van der Waals surface area contributed by atoms with Crippen molar-refractivity contribution in [1.29, 1.82) is 0 Å². The van der Waals surface area contributed by atoms with Gasteiger partial charge in [0.1, 0.15) is 0 Å². The molecule has 4 heteroatoms. The largest absolute Gasteiger partial charge is 0.387 e. The predicted molar refractivity (Wildman–Crippen MR) is 67.1 cm³/mol. The van der Waals surface area contributed by atoms with Crippen LogP contribution in [0.2, 0.25) is 10.0 Å². The first-order valence-corrected chi connectivity index (χ1v) is 6.30. The molecule has 0 aromatic heterocycles. The minimum atomic E-state index is -0.505. The fourth-order valence-corrected chi connectivity index (χ4v) is 2.38. The molecule has 88 valence electrons. The molecule has 0 spiro atoms. The Morgan fingerprint density at radius 1 is 1.25 bits per heavy atom. The van der Waals surface area contributed by atoms with Gasteiger partial charge in [0.2, 0.25) is 0 Å². The molecule has 0 saturated carbocycles. The van der Waals surface area contributed by atoms with Gasteiger partial charge in [0.25, 0.3) is 0 Å². The topological polar surface area (TPSA) is 32.3 Å². The zero-order valence-corrected chi connectivity index (χ0v) is 10.4. The quantitative estimate of drug-likeness (QED) is 0.856. The van der Waals surface area contributed by atoms with Gasteiger partial charge in [0, 0.05) is 6.04 Å². The Hall–Kier alpha value is -0.280. The van der Waals surface area contributed by atoms with Crippen molar-refractivity contribution in [1.82, 2.24) is 5.32 Å². The SMILES string of the molecule is O[C@@H](c1ccc(Cl)c(Cl)c1)[C@H]1CCCCN1. The molecule has 16 heavy (non-hydrogen) atoms. The van der Waals surface area contributed by atoms with E-state index in [0.717, 1.165) is 24.9 Å². The summed E-state index contributed by atoms with van der Waals surface area (Å²) in [5, 5.41) is 14.5. The molecule has 1 aromatic carbocycles. The molecule has 0 unspecified atom stereocenters. The normalized spacial score (nSPS) is 23.1. The number of hydrogen-bond donors (Lipinski definition) is 2. The molecular formula is C12H15Cl2NO. The average Bonchev–Trinajstić information content (AvgIpc) is 2.33. The fourth-order valence-electron chi connectivity index (χ4n) is 2.08. The van der Waals surface area contributed by atoms with E-state index in [1.54, 1.807) is 12.1 Å². The lowest BCUT2D eigenvalue weighted by molar-refractivity contribution is 0.114. The van der Waals surface area contributed by atoms with Crippen LogP contribution in [0.3, 0.4) is 0 Å². The van der Waals surface area contributed by atoms with Crippen molar-refractivity contribution < 1.29 is 5.11 Å². The number of rotatable bonds is 2. The molecule has 0 amide bonds. The van der Waals surface area contributed by atoms with Crippen LogP contribution in [0.25, 0.3) is 0 Å². The Morgan fingerprint density at radius 2 is 2.06 bits per heavy atom. The van der Waals surface area contributed by atoms with Crippen LogP contribution in [0, 0.1) is 0 Å². The van der Waals surface area contributed by atoms with Gasteiger partial charge in [-0.1, -0.05) is 35.7 Å². The Labute approximate surface area is 106 Å². The molecule has 1 saturated heterocycles. The van der Waals surface area contributed by atoms with E-state index in [9.17, 15) is 5.11 Å². The maximum atomic E-state index is 10.2. The van der Waals surface area contributed by atoms with Gasteiger partial charge in [-0.3, -0.25) is 0 Å². The Balaban J connectivity index is 2.12. The highest BCUT2D eigenvalue weighted by molar-refractivity contribution is 6.42. The van der Waals surface area contributed by atoms with Gasteiger partial charge < -0.3 is 10.4 Å². The Kier molecular flexibility index (Phi) is 4.09. The van der Waals surface area contributed by atoms with Crippen molar-refractivity contribution in [3.8, 4) is 0 Å². The molecule has 1 aliphatic heterocycles. The molecule has 1 aromatic rings. The summed E-state index contributed by atoms with van der Waals surface area (Å²) >= 11 is 11.8. The summed E-state index contributed by atoms with van der Waals surface area (Å²) in [5.74, 6) is 0. The van der Waals surface area contributed by atoms with Crippen LogP contribution in [-0.2, 0) is 0 Å². The van der Waals surface area contributed by atoms with Gasteiger partial charge in [-0.2, -0.15) is 0 Å². The van der Waals surface area contributed by atoms with E-state index in [0.29, 0.717) is 10.0 Å². The van der Waals surface area contributed by atoms with E-state index in [1.165, 1.54) is 6.42 Å². The van der Waals surface area contributed by atoms with Gasteiger partial charge in [-0.15, -0.1) is 0 Å². The van der Waals surface area contributed by atoms with Crippen molar-refractivity contribution in [3.63, 3.8) is 0 Å². The first-order chi connectivity index (χ1) is 7.68. The molecule has 2 N–H and O–H groups in total. The second-order valence-corrected chi connectivity index (χ2v) is 4.99. The van der Waals surface area contributed by atoms with Crippen LogP contribution >= 0.6 is 23.2 Å². The van der Waals surface area contributed by atoms with Crippen LogP contribution in [-0.4, -0.2) is 17.7 Å². The number of nitrogens with one attached hydrogen (secondary N) is 1. The van der Waals surface area contributed by atoms with E-state index in [2.05, 4.69) is 5.32 Å². The lowest BCUT2D eigenvalue weighted by atomic mass is 9.95. The molecule has 1 aliphatic rings. The smallest absolute Gasteiger partial charge is 0.0943 e. The number of benzene rings is 1. The second kappa shape index (κ2) is 5.37. The Morgan fingerprint density at radius 3 is 2.69 bits per heavy atom. The molecular weight excluding hydrogens is 245 g/mol. The summed E-state index contributed by atoms with van der Waals surface area (Å²) in [7, 11) is 0. The summed E-state index contributed by atoms with van der Waals surface area (Å²) in [6.45, 7) is 0.975. The zero-order valence-electron chi connectivity index (χ0n) is 8.92. The third-order valence-corrected chi connectivity index (χ3v) is 3.75. The molecule has 2 rings (SSSR count). The maximum absolute atomic E-state index is 10.2. The summed E-state index contributed by atoms with van der Waals surface area (Å²) in [5.41, 5.74) is 0.828. The third kappa shape index (κ3) is 2.69. The zero-order chi connectivity index (χ0) is 11.5. The van der Waals surface area contributed by atoms with Crippen LogP contribution in [0.5, 0.6) is 0 Å². The summed E-state index contributed by atoms with van der Waals surface area (Å²) in [4.78, 5) is 0. The van der Waals surface area contributed by atoms with Gasteiger partial charge in [0.05, 0.1) is 16.1 Å². The van der Waals surface area contributed by atoms with E-state index in [-0.39, 0.29) is 6.04 Å². The molecule has 0 aliphatic carbocycles. The number of aliphatic hydroxyl groups excluding tert-OH is 1. The molecule has 0 bridgehead atoms. The molecule has 2 nitrogen and oxygen atoms in total. The Bertz CT molecular complexity index is 364. The second-order valence-electron chi connectivity index (χ2n) is 4.17. The van der Waals surface area contributed by atoms with Crippen molar-refractivity contribution in [2.45, 2.75) is 31.4 Å². The summed E-state index contributed by atoms with van der Waals surface area (Å²) in [6, 6.07) is 5.43. The van der Waals surface area contributed by atoms with Gasteiger partial charge >= 0.3 is 0 Å². The van der Waals surface area contributed by atoms with Crippen molar-refractivity contribution >= 4 is 23.2 Å². The van der Waals surface area contributed by atoms with E-state index in [1.807, 2.05) is 6.07 Å². The average molecular weight is 260 g/mol. The minimum absolute atomic E-state index is 0.131. The molecule has 1 fully saturated rings. The van der Waals surface area contributed by atoms with Crippen molar-refractivity contribution in [3.05, 3.63) is 33.8 Å². The van der Waals surface area contributed by atoms with Crippen LogP contribution < -0.4 is 5.32 Å². The summed E-state index contributed by atoms with van der Waals surface area (Å²) in [6.07, 6.45) is 2.84. The number of halogens is 2. The van der Waals surface area contributed by atoms with Crippen molar-refractivity contribution in [2.24, 2.45) is 0 Å².